The summed E-state index contributed by atoms with van der Waals surface area (Å²) in [4.78, 5) is 14.1. The summed E-state index contributed by atoms with van der Waals surface area (Å²) in [6.07, 6.45) is 1.12. The second-order valence-electron chi connectivity index (χ2n) is 6.29. The van der Waals surface area contributed by atoms with E-state index in [0.717, 1.165) is 27.3 Å². The average molecular weight is 360 g/mol. The first-order valence-corrected chi connectivity index (χ1v) is 9.86. The number of nitrogens with zero attached hydrogens (tertiary/aromatic N) is 2. The first kappa shape index (κ1) is 19.0. The molecule has 0 aliphatic rings. The molecule has 0 aromatic heterocycles. The summed E-state index contributed by atoms with van der Waals surface area (Å²) >= 11 is 0. The lowest BCUT2D eigenvalue weighted by Crippen LogP contribution is -2.41. The highest BCUT2D eigenvalue weighted by molar-refractivity contribution is 7.92. The third kappa shape index (κ3) is 5.06. The summed E-state index contributed by atoms with van der Waals surface area (Å²) in [6, 6.07) is 15.1. The Labute approximate surface area is 149 Å². The number of carbonyl (C=O) groups is 1. The van der Waals surface area contributed by atoms with Crippen molar-refractivity contribution in [3.8, 4) is 0 Å². The molecular weight excluding hydrogens is 336 g/mol. The quantitative estimate of drug-likeness (QED) is 0.796. The number of anilines is 1. The fourth-order valence-electron chi connectivity index (χ4n) is 2.52. The number of carbonyl (C=O) groups excluding carboxylic acids is 1. The summed E-state index contributed by atoms with van der Waals surface area (Å²) < 4.78 is 25.5. The van der Waals surface area contributed by atoms with Crippen molar-refractivity contribution < 1.29 is 13.2 Å². The Morgan fingerprint density at radius 2 is 1.60 bits per heavy atom. The van der Waals surface area contributed by atoms with Gasteiger partial charge in [-0.25, -0.2) is 8.42 Å². The van der Waals surface area contributed by atoms with Crippen molar-refractivity contribution in [3.63, 3.8) is 0 Å². The monoisotopic (exact) mass is 360 g/mol. The van der Waals surface area contributed by atoms with Crippen molar-refractivity contribution in [2.24, 2.45) is 0 Å². The number of hydrogen-bond acceptors (Lipinski definition) is 3. The van der Waals surface area contributed by atoms with Gasteiger partial charge in [0, 0.05) is 13.6 Å². The normalized spacial score (nSPS) is 11.2. The van der Waals surface area contributed by atoms with Gasteiger partial charge in [-0.2, -0.15) is 0 Å². The van der Waals surface area contributed by atoms with E-state index in [9.17, 15) is 13.2 Å². The Balaban J connectivity index is 2.17. The number of benzene rings is 2. The van der Waals surface area contributed by atoms with Crippen molar-refractivity contribution in [1.29, 1.82) is 0 Å². The maximum atomic E-state index is 12.6. The Morgan fingerprint density at radius 3 is 2.16 bits per heavy atom. The lowest BCUT2D eigenvalue weighted by Gasteiger charge is -2.26. The van der Waals surface area contributed by atoms with Crippen LogP contribution in [0.25, 0.3) is 0 Å². The SMILES string of the molecule is Cc1ccc(CN(C)C(=O)CN(c2ccccc2C)S(C)(=O)=O)cc1. The van der Waals surface area contributed by atoms with E-state index >= 15 is 0 Å². The molecule has 0 unspecified atom stereocenters. The molecule has 0 N–H and O–H groups in total. The van der Waals surface area contributed by atoms with Crippen LogP contribution in [0.15, 0.2) is 48.5 Å². The summed E-state index contributed by atoms with van der Waals surface area (Å²) in [6.45, 7) is 4.05. The van der Waals surface area contributed by atoms with Gasteiger partial charge in [0.05, 0.1) is 11.9 Å². The van der Waals surface area contributed by atoms with E-state index in [2.05, 4.69) is 0 Å². The summed E-state index contributed by atoms with van der Waals surface area (Å²) in [5.74, 6) is -0.255. The average Bonchev–Trinajstić information content (AvgIpc) is 2.54. The maximum Gasteiger partial charge on any atom is 0.243 e. The standard InChI is InChI=1S/C19H24N2O3S/c1-15-9-11-17(12-10-15)13-20(3)19(22)14-21(25(4,23)24)18-8-6-5-7-16(18)2/h5-12H,13-14H2,1-4H3. The van der Waals surface area contributed by atoms with Gasteiger partial charge in [-0.05, 0) is 31.0 Å². The van der Waals surface area contributed by atoms with Crippen molar-refractivity contribution in [2.75, 3.05) is 24.2 Å². The van der Waals surface area contributed by atoms with Crippen molar-refractivity contribution in [3.05, 3.63) is 65.2 Å². The lowest BCUT2D eigenvalue weighted by atomic mass is 10.1. The van der Waals surface area contributed by atoms with Crippen LogP contribution < -0.4 is 4.31 Å². The molecule has 0 bridgehead atoms. The summed E-state index contributed by atoms with van der Waals surface area (Å²) in [7, 11) is -1.88. The molecule has 0 saturated carbocycles. The largest absolute Gasteiger partial charge is 0.340 e. The van der Waals surface area contributed by atoms with E-state index in [4.69, 9.17) is 0 Å². The molecule has 0 heterocycles. The zero-order valence-electron chi connectivity index (χ0n) is 15.1. The zero-order valence-corrected chi connectivity index (χ0v) is 15.9. The highest BCUT2D eigenvalue weighted by atomic mass is 32.2. The van der Waals surface area contributed by atoms with Crippen LogP contribution in [0.5, 0.6) is 0 Å². The van der Waals surface area contributed by atoms with E-state index < -0.39 is 10.0 Å². The molecule has 2 aromatic rings. The molecule has 0 saturated heterocycles. The fraction of sp³-hybridized carbons (Fsp3) is 0.316. The third-order valence-corrected chi connectivity index (χ3v) is 5.16. The van der Waals surface area contributed by atoms with E-state index in [-0.39, 0.29) is 12.5 Å². The van der Waals surface area contributed by atoms with E-state index in [1.165, 1.54) is 0 Å². The Kier molecular flexibility index (Phi) is 5.85. The first-order chi connectivity index (χ1) is 11.7. The van der Waals surface area contributed by atoms with Gasteiger partial charge in [-0.3, -0.25) is 9.10 Å². The van der Waals surface area contributed by atoms with Crippen LogP contribution in [-0.4, -0.2) is 39.1 Å². The smallest absolute Gasteiger partial charge is 0.243 e. The molecule has 0 atom stereocenters. The Bertz CT molecular complexity index is 845. The van der Waals surface area contributed by atoms with Crippen LogP contribution in [0, 0.1) is 13.8 Å². The van der Waals surface area contributed by atoms with Crippen molar-refractivity contribution >= 4 is 21.6 Å². The van der Waals surface area contributed by atoms with Crippen LogP contribution in [0.3, 0.4) is 0 Å². The van der Waals surface area contributed by atoms with Gasteiger partial charge in [0.25, 0.3) is 0 Å². The van der Waals surface area contributed by atoms with Gasteiger partial charge in [-0.15, -0.1) is 0 Å². The molecule has 0 aliphatic carbocycles. The van der Waals surface area contributed by atoms with Gasteiger partial charge in [0.2, 0.25) is 15.9 Å². The van der Waals surface area contributed by atoms with Crippen LogP contribution >= 0.6 is 0 Å². The molecular formula is C19H24N2O3S. The van der Waals surface area contributed by atoms with Crippen LogP contribution in [0.4, 0.5) is 5.69 Å². The van der Waals surface area contributed by atoms with Crippen molar-refractivity contribution in [1.82, 2.24) is 4.90 Å². The number of para-hydroxylation sites is 1. The second-order valence-corrected chi connectivity index (χ2v) is 8.20. The number of aryl methyl sites for hydroxylation is 2. The maximum absolute atomic E-state index is 12.6. The summed E-state index contributed by atoms with van der Waals surface area (Å²) in [5.41, 5.74) is 3.49. The van der Waals surface area contributed by atoms with Crippen molar-refractivity contribution in [2.45, 2.75) is 20.4 Å². The van der Waals surface area contributed by atoms with E-state index in [1.54, 1.807) is 24.1 Å². The first-order valence-electron chi connectivity index (χ1n) is 8.01. The second kappa shape index (κ2) is 7.70. The minimum absolute atomic E-state index is 0.216. The zero-order chi connectivity index (χ0) is 18.6. The Hall–Kier alpha value is -2.34. The minimum atomic E-state index is -3.56. The topological polar surface area (TPSA) is 57.7 Å². The van der Waals surface area contributed by atoms with Crippen LogP contribution in [0.1, 0.15) is 16.7 Å². The number of rotatable bonds is 6. The van der Waals surface area contributed by atoms with Gasteiger partial charge >= 0.3 is 0 Å². The highest BCUT2D eigenvalue weighted by Gasteiger charge is 2.23. The van der Waals surface area contributed by atoms with E-state index in [1.807, 2.05) is 50.2 Å². The molecule has 2 aromatic carbocycles. The molecule has 5 nitrogen and oxygen atoms in total. The number of amides is 1. The third-order valence-electron chi connectivity index (χ3n) is 4.03. The van der Waals surface area contributed by atoms with Gasteiger partial charge < -0.3 is 4.90 Å². The van der Waals surface area contributed by atoms with Crippen LogP contribution in [0.2, 0.25) is 0 Å². The number of sulfonamides is 1. The Morgan fingerprint density at radius 1 is 1.00 bits per heavy atom. The molecule has 0 radical (unpaired) electrons. The van der Waals surface area contributed by atoms with Crippen LogP contribution in [-0.2, 0) is 21.4 Å². The number of likely N-dealkylation sites (N-methyl/N-ethyl adjacent to an activating group) is 1. The predicted octanol–water partition coefficient (Wildman–Crippen LogP) is 2.73. The fourth-order valence-corrected chi connectivity index (χ4v) is 3.43. The molecule has 6 heteroatoms. The molecule has 0 fully saturated rings. The van der Waals surface area contributed by atoms with Gasteiger partial charge in [-0.1, -0.05) is 48.0 Å². The molecule has 0 spiro atoms. The molecule has 25 heavy (non-hydrogen) atoms. The minimum Gasteiger partial charge on any atom is -0.340 e. The molecule has 2 rings (SSSR count). The molecule has 0 aliphatic heterocycles. The molecule has 1 amide bonds. The predicted molar refractivity (Wildman–Crippen MR) is 101 cm³/mol. The summed E-state index contributed by atoms with van der Waals surface area (Å²) in [5, 5.41) is 0. The highest BCUT2D eigenvalue weighted by Crippen LogP contribution is 2.22. The van der Waals surface area contributed by atoms with E-state index in [0.29, 0.717) is 12.2 Å². The molecule has 134 valence electrons. The van der Waals surface area contributed by atoms with Gasteiger partial charge in [0.1, 0.15) is 6.54 Å². The number of hydrogen-bond donors (Lipinski definition) is 0. The lowest BCUT2D eigenvalue weighted by molar-refractivity contribution is -0.128. The van der Waals surface area contributed by atoms with Gasteiger partial charge in [0.15, 0.2) is 0 Å².